The number of hydrogen-bond donors (Lipinski definition) is 0. The maximum absolute atomic E-state index is 13.3. The summed E-state index contributed by atoms with van der Waals surface area (Å²) in [4.78, 5) is 21.4. The second-order valence-corrected chi connectivity index (χ2v) is 3.90. The van der Waals surface area contributed by atoms with Gasteiger partial charge in [0.1, 0.15) is 11.6 Å². The number of carbonyl (C=O) groups is 1. The summed E-state index contributed by atoms with van der Waals surface area (Å²) in [6.07, 6.45) is 0.288. The number of nitro groups is 1. The molecule has 2 aromatic rings. The van der Waals surface area contributed by atoms with Crippen molar-refractivity contribution in [3.63, 3.8) is 0 Å². The van der Waals surface area contributed by atoms with E-state index >= 15 is 0 Å². The van der Waals surface area contributed by atoms with Gasteiger partial charge in [-0.3, -0.25) is 14.9 Å². The van der Waals surface area contributed by atoms with Gasteiger partial charge in [0, 0.05) is 18.1 Å². The van der Waals surface area contributed by atoms with Crippen LogP contribution < -0.4 is 0 Å². The van der Waals surface area contributed by atoms with E-state index in [9.17, 15) is 19.3 Å². The minimum absolute atomic E-state index is 0.157. The number of benzene rings is 1. The lowest BCUT2D eigenvalue weighted by atomic mass is 10.1. The maximum Gasteiger partial charge on any atom is 0.273 e. The Kier molecular flexibility index (Phi) is 3.41. The molecule has 0 unspecified atom stereocenters. The van der Waals surface area contributed by atoms with Crippen LogP contribution in [0.2, 0.25) is 0 Å². The number of rotatable bonds is 4. The zero-order valence-corrected chi connectivity index (χ0v) is 10.1. The molecule has 0 bridgehead atoms. The first kappa shape index (κ1) is 12.9. The van der Waals surface area contributed by atoms with Gasteiger partial charge in [0.05, 0.1) is 11.0 Å². The van der Waals surface area contributed by atoms with Crippen molar-refractivity contribution >= 4 is 11.5 Å². The highest BCUT2D eigenvalue weighted by molar-refractivity contribution is 5.93. The van der Waals surface area contributed by atoms with Crippen molar-refractivity contribution in [3.8, 4) is 11.3 Å². The highest BCUT2D eigenvalue weighted by Crippen LogP contribution is 2.27. The number of ketones is 1. The van der Waals surface area contributed by atoms with E-state index in [1.54, 1.807) is 6.92 Å². The molecule has 1 aromatic heterocycles. The highest BCUT2D eigenvalue weighted by atomic mass is 19.1. The summed E-state index contributed by atoms with van der Waals surface area (Å²) in [5.74, 6) is -0.537. The van der Waals surface area contributed by atoms with Crippen LogP contribution in [0.3, 0.4) is 0 Å². The van der Waals surface area contributed by atoms with Crippen LogP contribution in [0.5, 0.6) is 0 Å². The smallest absolute Gasteiger partial charge is 0.273 e. The summed E-state index contributed by atoms with van der Waals surface area (Å²) >= 11 is 0. The Balaban J connectivity index is 2.44. The summed E-state index contributed by atoms with van der Waals surface area (Å²) in [6, 6.07) is 6.10. The van der Waals surface area contributed by atoms with Gasteiger partial charge in [-0.2, -0.15) is 0 Å². The fourth-order valence-electron chi connectivity index (χ4n) is 1.64. The largest absolute Gasteiger partial charge is 0.453 e. The molecule has 0 radical (unpaired) electrons. The number of non-ortho nitro benzene ring substituents is 1. The molecule has 19 heavy (non-hydrogen) atoms. The quantitative estimate of drug-likeness (QED) is 0.480. The average molecular weight is 263 g/mol. The van der Waals surface area contributed by atoms with E-state index < -0.39 is 10.7 Å². The third-order valence-corrected chi connectivity index (χ3v) is 2.58. The van der Waals surface area contributed by atoms with E-state index in [0.29, 0.717) is 0 Å². The Bertz CT molecular complexity index is 648. The molecule has 0 amide bonds. The summed E-state index contributed by atoms with van der Waals surface area (Å²) in [5, 5.41) is 10.7. The van der Waals surface area contributed by atoms with Crippen LogP contribution in [-0.4, -0.2) is 10.7 Å². The van der Waals surface area contributed by atoms with Crippen molar-refractivity contribution in [1.29, 1.82) is 0 Å². The minimum Gasteiger partial charge on any atom is -0.453 e. The number of halogens is 1. The monoisotopic (exact) mass is 263 g/mol. The van der Waals surface area contributed by atoms with Crippen molar-refractivity contribution in [2.45, 2.75) is 13.3 Å². The molecule has 0 saturated carbocycles. The highest BCUT2D eigenvalue weighted by Gasteiger charge is 2.15. The molecule has 5 nitrogen and oxygen atoms in total. The maximum atomic E-state index is 13.3. The third kappa shape index (κ3) is 2.67. The first-order valence-electron chi connectivity index (χ1n) is 5.59. The molecule has 0 saturated heterocycles. The minimum atomic E-state index is -0.732. The molecule has 0 spiro atoms. The van der Waals surface area contributed by atoms with E-state index in [0.717, 1.165) is 12.1 Å². The van der Waals surface area contributed by atoms with E-state index in [-0.39, 0.29) is 35.0 Å². The Morgan fingerprint density at radius 1 is 1.37 bits per heavy atom. The van der Waals surface area contributed by atoms with Crippen molar-refractivity contribution in [3.05, 3.63) is 52.0 Å². The summed E-state index contributed by atoms with van der Waals surface area (Å²) in [7, 11) is 0. The zero-order chi connectivity index (χ0) is 14.0. The molecule has 2 rings (SSSR count). The molecule has 0 atom stereocenters. The molecule has 0 fully saturated rings. The molecule has 98 valence electrons. The first-order chi connectivity index (χ1) is 9.01. The predicted molar refractivity (Wildman–Crippen MR) is 65.4 cm³/mol. The van der Waals surface area contributed by atoms with Crippen LogP contribution in [0.25, 0.3) is 11.3 Å². The molecule has 1 aromatic carbocycles. The van der Waals surface area contributed by atoms with E-state index in [1.165, 1.54) is 18.2 Å². The van der Waals surface area contributed by atoms with Gasteiger partial charge in [0.15, 0.2) is 11.5 Å². The average Bonchev–Trinajstić information content (AvgIpc) is 2.86. The second-order valence-electron chi connectivity index (χ2n) is 3.90. The molecule has 0 aliphatic carbocycles. The van der Waals surface area contributed by atoms with Gasteiger partial charge in [-0.15, -0.1) is 0 Å². The first-order valence-corrected chi connectivity index (χ1v) is 5.59. The number of nitrogens with zero attached hydrogens (tertiary/aromatic N) is 1. The Morgan fingerprint density at radius 2 is 2.11 bits per heavy atom. The standard InChI is InChI=1S/C13H10FNO4/c1-2-11(16)13-4-3-12(19-13)8-5-9(14)7-10(6-8)15(17)18/h3-7H,2H2,1H3. The summed E-state index contributed by atoms with van der Waals surface area (Å²) in [6.45, 7) is 1.69. The van der Waals surface area contributed by atoms with Gasteiger partial charge in [0.25, 0.3) is 5.69 Å². The third-order valence-electron chi connectivity index (χ3n) is 2.58. The van der Waals surface area contributed by atoms with Crippen LogP contribution in [0, 0.1) is 15.9 Å². The number of Topliss-reactive ketones (excluding diaryl/α,β-unsaturated/α-hetero) is 1. The molecular formula is C13H10FNO4. The Morgan fingerprint density at radius 3 is 2.74 bits per heavy atom. The lowest BCUT2D eigenvalue weighted by Gasteiger charge is -1.98. The van der Waals surface area contributed by atoms with Crippen LogP contribution in [0.4, 0.5) is 10.1 Å². The van der Waals surface area contributed by atoms with Gasteiger partial charge in [0.2, 0.25) is 0 Å². The van der Waals surface area contributed by atoms with E-state index in [1.807, 2.05) is 0 Å². The van der Waals surface area contributed by atoms with Crippen LogP contribution in [-0.2, 0) is 0 Å². The van der Waals surface area contributed by atoms with E-state index in [4.69, 9.17) is 4.42 Å². The molecule has 0 N–H and O–H groups in total. The van der Waals surface area contributed by atoms with Crippen molar-refractivity contribution < 1.29 is 18.5 Å². The number of furan rings is 1. The van der Waals surface area contributed by atoms with E-state index in [2.05, 4.69) is 0 Å². The zero-order valence-electron chi connectivity index (χ0n) is 10.1. The molecule has 1 heterocycles. The van der Waals surface area contributed by atoms with Crippen LogP contribution in [0.15, 0.2) is 34.7 Å². The Labute approximate surface area is 107 Å². The van der Waals surface area contributed by atoms with Gasteiger partial charge < -0.3 is 4.42 Å². The fourth-order valence-corrected chi connectivity index (χ4v) is 1.64. The lowest BCUT2D eigenvalue weighted by Crippen LogP contribution is -1.92. The van der Waals surface area contributed by atoms with Gasteiger partial charge in [-0.05, 0) is 18.2 Å². The lowest BCUT2D eigenvalue weighted by molar-refractivity contribution is -0.385. The predicted octanol–water partition coefficient (Wildman–Crippen LogP) is 3.59. The van der Waals surface area contributed by atoms with Gasteiger partial charge >= 0.3 is 0 Å². The molecule has 0 aliphatic rings. The topological polar surface area (TPSA) is 73.3 Å². The van der Waals surface area contributed by atoms with Crippen LogP contribution in [0.1, 0.15) is 23.9 Å². The normalized spacial score (nSPS) is 10.4. The number of carbonyl (C=O) groups excluding carboxylic acids is 1. The molecule has 0 aliphatic heterocycles. The fraction of sp³-hybridized carbons (Fsp3) is 0.154. The van der Waals surface area contributed by atoms with Gasteiger partial charge in [-0.25, -0.2) is 4.39 Å². The molecular weight excluding hydrogens is 253 g/mol. The van der Waals surface area contributed by atoms with Gasteiger partial charge in [-0.1, -0.05) is 6.92 Å². The second kappa shape index (κ2) is 5.01. The Hall–Kier alpha value is -2.50. The van der Waals surface area contributed by atoms with Crippen LogP contribution >= 0.6 is 0 Å². The molecule has 6 heteroatoms. The van der Waals surface area contributed by atoms with Crippen molar-refractivity contribution in [1.82, 2.24) is 0 Å². The van der Waals surface area contributed by atoms with Crippen molar-refractivity contribution in [2.24, 2.45) is 0 Å². The summed E-state index contributed by atoms with van der Waals surface area (Å²) < 4.78 is 18.6. The SMILES string of the molecule is CCC(=O)c1ccc(-c2cc(F)cc([N+](=O)[O-])c2)o1. The number of hydrogen-bond acceptors (Lipinski definition) is 4. The number of nitro benzene ring substituents is 1. The summed E-state index contributed by atoms with van der Waals surface area (Å²) in [5.41, 5.74) is -0.142. The van der Waals surface area contributed by atoms with Crippen molar-refractivity contribution in [2.75, 3.05) is 0 Å².